The van der Waals surface area contributed by atoms with Crippen molar-refractivity contribution in [2.45, 2.75) is 17.8 Å². The summed E-state index contributed by atoms with van der Waals surface area (Å²) < 4.78 is 0. The highest BCUT2D eigenvalue weighted by molar-refractivity contribution is 6.14. The van der Waals surface area contributed by atoms with Crippen LogP contribution in [0.25, 0.3) is 43.8 Å². The smallest absolute Gasteiger partial charge is 0.0713 e. The van der Waals surface area contributed by atoms with E-state index in [4.69, 9.17) is 0 Å². The molecule has 0 N–H and O–H groups in total. The molecule has 1 nitrogen and oxygen atoms in total. The van der Waals surface area contributed by atoms with Gasteiger partial charge in [0.25, 0.3) is 0 Å². The van der Waals surface area contributed by atoms with E-state index in [1.54, 1.807) is 0 Å². The van der Waals surface area contributed by atoms with E-state index in [9.17, 15) is 0 Å². The molecule has 0 amide bonds. The molecule has 12 rings (SSSR count). The molecular formula is C59H41N. The maximum Gasteiger partial charge on any atom is 0.0713 e. The van der Waals surface area contributed by atoms with Crippen molar-refractivity contribution in [1.82, 2.24) is 0 Å². The second kappa shape index (κ2) is 13.3. The number of nitrogens with zero attached hydrogens (tertiary/aromatic N) is 1. The summed E-state index contributed by atoms with van der Waals surface area (Å²) in [6.45, 7) is 2.41. The van der Waals surface area contributed by atoms with Crippen LogP contribution in [0.2, 0.25) is 0 Å². The normalized spacial score (nSPS) is 14.0. The maximum absolute atomic E-state index is 2.52. The molecule has 0 aliphatic heterocycles. The zero-order valence-corrected chi connectivity index (χ0v) is 33.4. The van der Waals surface area contributed by atoms with Gasteiger partial charge in [-0.1, -0.05) is 200 Å². The monoisotopic (exact) mass is 763 g/mol. The van der Waals surface area contributed by atoms with E-state index in [0.29, 0.717) is 0 Å². The number of rotatable bonds is 6. The molecule has 0 spiro atoms. The van der Waals surface area contributed by atoms with Gasteiger partial charge < -0.3 is 4.90 Å². The Labute approximate surface area is 351 Å². The van der Waals surface area contributed by atoms with Crippen molar-refractivity contribution < 1.29 is 0 Å². The molecule has 2 aliphatic carbocycles. The van der Waals surface area contributed by atoms with Crippen molar-refractivity contribution in [3.63, 3.8) is 0 Å². The van der Waals surface area contributed by atoms with E-state index in [0.717, 1.165) is 17.1 Å². The quantitative estimate of drug-likeness (QED) is 0.152. The average molecular weight is 764 g/mol. The lowest BCUT2D eigenvalue weighted by molar-refractivity contribution is 0.714. The molecule has 0 bridgehead atoms. The molecule has 2 aliphatic rings. The molecule has 282 valence electrons. The summed E-state index contributed by atoms with van der Waals surface area (Å²) >= 11 is 0. The maximum atomic E-state index is 2.52. The van der Waals surface area contributed by atoms with Crippen molar-refractivity contribution in [3.8, 4) is 22.3 Å². The standard InChI is InChI=1S/C59H41N/c1-58(53-32-15-12-28-48(53)49-29-13-16-33-54(49)58)43-24-18-25-44(38-43)60(57-37-40-19-8-9-26-46(40)47-27-10-11-31-51(47)57)45-35-36-56-52(39-45)50-30-14-17-34-55(50)59(56,41-20-4-2-5-21-41)42-22-6-3-7-23-42/h2-39H,1H3. The number of hydrogen-bond donors (Lipinski definition) is 0. The minimum atomic E-state index is -0.467. The lowest BCUT2D eigenvalue weighted by Crippen LogP contribution is -2.28. The Balaban J connectivity index is 1.14. The Kier molecular flexibility index (Phi) is 7.65. The van der Waals surface area contributed by atoms with Gasteiger partial charge in [-0.3, -0.25) is 0 Å². The van der Waals surface area contributed by atoms with Gasteiger partial charge in [0.05, 0.1) is 11.1 Å². The van der Waals surface area contributed by atoms with Gasteiger partial charge in [0.2, 0.25) is 0 Å². The van der Waals surface area contributed by atoms with E-state index in [1.807, 2.05) is 0 Å². The van der Waals surface area contributed by atoms with Crippen LogP contribution in [0.1, 0.15) is 45.9 Å². The second-order valence-corrected chi connectivity index (χ2v) is 16.5. The Morgan fingerprint density at radius 2 is 0.800 bits per heavy atom. The van der Waals surface area contributed by atoms with Gasteiger partial charge in [-0.2, -0.15) is 0 Å². The van der Waals surface area contributed by atoms with E-state index >= 15 is 0 Å². The fraction of sp³-hybridized carbons (Fsp3) is 0.0508. The molecule has 0 saturated heterocycles. The van der Waals surface area contributed by atoms with Crippen molar-refractivity contribution in [3.05, 3.63) is 269 Å². The summed E-state index contributed by atoms with van der Waals surface area (Å²) in [6.07, 6.45) is 0. The molecule has 0 heterocycles. The Morgan fingerprint density at radius 1 is 0.317 bits per heavy atom. The molecular weight excluding hydrogens is 723 g/mol. The summed E-state index contributed by atoms with van der Waals surface area (Å²) in [4.78, 5) is 2.52. The van der Waals surface area contributed by atoms with Crippen molar-refractivity contribution in [2.24, 2.45) is 0 Å². The highest BCUT2D eigenvalue weighted by atomic mass is 15.1. The largest absolute Gasteiger partial charge is 0.310 e. The minimum Gasteiger partial charge on any atom is -0.310 e. The van der Waals surface area contributed by atoms with E-state index in [1.165, 1.54) is 82.7 Å². The lowest BCUT2D eigenvalue weighted by atomic mass is 9.68. The van der Waals surface area contributed by atoms with Gasteiger partial charge in [0, 0.05) is 22.2 Å². The first-order valence-electron chi connectivity index (χ1n) is 21.0. The second-order valence-electron chi connectivity index (χ2n) is 16.5. The highest BCUT2D eigenvalue weighted by Gasteiger charge is 2.46. The zero-order valence-electron chi connectivity index (χ0n) is 33.4. The average Bonchev–Trinajstić information content (AvgIpc) is 3.77. The highest BCUT2D eigenvalue weighted by Crippen LogP contribution is 2.58. The molecule has 0 aromatic heterocycles. The molecule has 0 saturated carbocycles. The summed E-state index contributed by atoms with van der Waals surface area (Å²) in [5.74, 6) is 0. The van der Waals surface area contributed by atoms with E-state index in [2.05, 4.69) is 242 Å². The Morgan fingerprint density at radius 3 is 1.47 bits per heavy atom. The molecule has 0 unspecified atom stereocenters. The molecule has 10 aromatic carbocycles. The Bertz CT molecular complexity index is 3200. The first kappa shape index (κ1) is 34.6. The van der Waals surface area contributed by atoms with Crippen molar-refractivity contribution in [1.29, 1.82) is 0 Å². The first-order chi connectivity index (χ1) is 29.7. The molecule has 0 atom stereocenters. The molecule has 60 heavy (non-hydrogen) atoms. The number of anilines is 3. The molecule has 0 radical (unpaired) electrons. The fourth-order valence-corrected chi connectivity index (χ4v) is 10.9. The van der Waals surface area contributed by atoms with Gasteiger partial charge >= 0.3 is 0 Å². The molecule has 10 aromatic rings. The van der Waals surface area contributed by atoms with Crippen LogP contribution >= 0.6 is 0 Å². The summed E-state index contributed by atoms with van der Waals surface area (Å²) in [5, 5.41) is 4.94. The van der Waals surface area contributed by atoms with Crippen LogP contribution in [-0.2, 0) is 10.8 Å². The molecule has 1 heteroatoms. The Hall–Kier alpha value is -7.48. The van der Waals surface area contributed by atoms with Gasteiger partial charge in [0.15, 0.2) is 0 Å². The van der Waals surface area contributed by atoms with Gasteiger partial charge in [0.1, 0.15) is 0 Å². The third-order valence-electron chi connectivity index (χ3n) is 13.6. The number of benzene rings is 10. The van der Waals surface area contributed by atoms with Crippen LogP contribution in [0.15, 0.2) is 231 Å². The predicted octanol–water partition coefficient (Wildman–Crippen LogP) is 15.2. The van der Waals surface area contributed by atoms with Crippen LogP contribution < -0.4 is 4.90 Å². The van der Waals surface area contributed by atoms with E-state index in [-0.39, 0.29) is 5.41 Å². The lowest BCUT2D eigenvalue weighted by Gasteiger charge is -2.34. The van der Waals surface area contributed by atoms with Gasteiger partial charge in [-0.25, -0.2) is 0 Å². The van der Waals surface area contributed by atoms with Gasteiger partial charge in [-0.15, -0.1) is 0 Å². The first-order valence-corrected chi connectivity index (χ1v) is 21.0. The van der Waals surface area contributed by atoms with Gasteiger partial charge in [-0.05, 0) is 115 Å². The van der Waals surface area contributed by atoms with Crippen molar-refractivity contribution in [2.75, 3.05) is 4.90 Å². The topological polar surface area (TPSA) is 3.24 Å². The van der Waals surface area contributed by atoms with Crippen molar-refractivity contribution >= 4 is 38.6 Å². The van der Waals surface area contributed by atoms with Crippen LogP contribution in [0.3, 0.4) is 0 Å². The molecule has 0 fully saturated rings. The summed E-state index contributed by atoms with van der Waals surface area (Å²) in [7, 11) is 0. The number of fused-ring (bicyclic) bond motifs is 9. The predicted molar refractivity (Wildman–Crippen MR) is 251 cm³/mol. The fourth-order valence-electron chi connectivity index (χ4n) is 10.9. The van der Waals surface area contributed by atoms with Crippen LogP contribution in [0.4, 0.5) is 17.1 Å². The number of hydrogen-bond acceptors (Lipinski definition) is 1. The van der Waals surface area contributed by atoms with E-state index < -0.39 is 5.41 Å². The zero-order chi connectivity index (χ0) is 39.8. The van der Waals surface area contributed by atoms with Crippen LogP contribution in [-0.4, -0.2) is 0 Å². The summed E-state index contributed by atoms with van der Waals surface area (Å²) in [5.41, 5.74) is 16.9. The third kappa shape index (κ3) is 4.81. The van der Waals surface area contributed by atoms with Crippen LogP contribution in [0, 0.1) is 0 Å². The third-order valence-corrected chi connectivity index (χ3v) is 13.6. The minimum absolute atomic E-state index is 0.331. The summed E-state index contributed by atoms with van der Waals surface area (Å²) in [6, 6.07) is 85.8. The SMILES string of the molecule is CC1(c2cccc(N(c3ccc4c(c3)-c3ccccc3C4(c3ccccc3)c3ccccc3)c3cc4ccccc4c4ccccc34)c2)c2ccccc2-c2ccccc21. The van der Waals surface area contributed by atoms with Crippen LogP contribution in [0.5, 0.6) is 0 Å².